The van der Waals surface area contributed by atoms with Gasteiger partial charge in [-0.05, 0) is 12.8 Å². The highest BCUT2D eigenvalue weighted by molar-refractivity contribution is 6.33. The number of nitrogens with one attached hydrogen (secondary N) is 1. The van der Waals surface area contributed by atoms with Crippen molar-refractivity contribution in [3.8, 4) is 12.3 Å². The average molecular weight is 268 g/mol. The predicted octanol–water partition coefficient (Wildman–Crippen LogP) is 1.12. The number of rotatable bonds is 3. The van der Waals surface area contributed by atoms with Gasteiger partial charge >= 0.3 is 0 Å². The molecule has 1 aromatic heterocycles. The van der Waals surface area contributed by atoms with Gasteiger partial charge in [-0.1, -0.05) is 17.5 Å². The highest BCUT2D eigenvalue weighted by Gasteiger charge is 2.17. The minimum absolute atomic E-state index is 0.102. The van der Waals surface area contributed by atoms with E-state index < -0.39 is 0 Å². The van der Waals surface area contributed by atoms with Gasteiger partial charge < -0.3 is 10.1 Å². The first-order valence-electron chi connectivity index (χ1n) is 5.75. The molecule has 1 aromatic rings. The SMILES string of the molecule is C#CCn1ncc(Cl)c(NC2CCCOC2)c1=O. The summed E-state index contributed by atoms with van der Waals surface area (Å²) in [5, 5.41) is 7.30. The summed E-state index contributed by atoms with van der Waals surface area (Å²) in [5.41, 5.74) is 0.0449. The number of hydrogen-bond acceptors (Lipinski definition) is 4. The maximum absolute atomic E-state index is 12.1. The van der Waals surface area contributed by atoms with Gasteiger partial charge in [-0.3, -0.25) is 4.79 Å². The van der Waals surface area contributed by atoms with Crippen LogP contribution in [0.4, 0.5) is 5.69 Å². The molecule has 2 heterocycles. The zero-order chi connectivity index (χ0) is 13.0. The molecule has 1 fully saturated rings. The Morgan fingerprint density at radius 3 is 3.22 bits per heavy atom. The van der Waals surface area contributed by atoms with Gasteiger partial charge in [0.05, 0.1) is 17.8 Å². The van der Waals surface area contributed by atoms with E-state index in [1.807, 2.05) is 0 Å². The topological polar surface area (TPSA) is 56.1 Å². The van der Waals surface area contributed by atoms with Crippen molar-refractivity contribution in [1.82, 2.24) is 9.78 Å². The van der Waals surface area contributed by atoms with Crippen molar-refractivity contribution in [3.63, 3.8) is 0 Å². The number of halogens is 1. The second-order valence-electron chi connectivity index (χ2n) is 4.09. The van der Waals surface area contributed by atoms with Crippen LogP contribution in [0.15, 0.2) is 11.0 Å². The van der Waals surface area contributed by atoms with Gasteiger partial charge in [0, 0.05) is 12.6 Å². The molecule has 1 N–H and O–H groups in total. The molecule has 1 unspecified atom stereocenters. The lowest BCUT2D eigenvalue weighted by atomic mass is 10.1. The summed E-state index contributed by atoms with van der Waals surface area (Å²) in [5.74, 6) is 2.38. The lowest BCUT2D eigenvalue weighted by Gasteiger charge is -2.24. The third-order valence-corrected chi connectivity index (χ3v) is 3.03. The Bertz CT molecular complexity index is 515. The molecule has 1 aliphatic rings. The van der Waals surface area contributed by atoms with Crippen LogP contribution in [0.2, 0.25) is 5.02 Å². The minimum Gasteiger partial charge on any atom is -0.379 e. The third-order valence-electron chi connectivity index (χ3n) is 2.75. The fraction of sp³-hybridized carbons (Fsp3) is 0.500. The monoisotopic (exact) mass is 267 g/mol. The van der Waals surface area contributed by atoms with Gasteiger partial charge in [-0.15, -0.1) is 6.42 Å². The van der Waals surface area contributed by atoms with Gasteiger partial charge in [0.2, 0.25) is 0 Å². The van der Waals surface area contributed by atoms with Crippen molar-refractivity contribution < 1.29 is 4.74 Å². The Kier molecular flexibility index (Phi) is 4.24. The first-order valence-corrected chi connectivity index (χ1v) is 6.13. The second kappa shape index (κ2) is 5.89. The van der Waals surface area contributed by atoms with E-state index >= 15 is 0 Å². The van der Waals surface area contributed by atoms with E-state index in [0.717, 1.165) is 19.4 Å². The van der Waals surface area contributed by atoms with Crippen molar-refractivity contribution in [3.05, 3.63) is 21.6 Å². The number of aromatic nitrogens is 2. The molecule has 0 saturated carbocycles. The number of nitrogens with zero attached hydrogens (tertiary/aromatic N) is 2. The maximum Gasteiger partial charge on any atom is 0.292 e. The lowest BCUT2D eigenvalue weighted by Crippen LogP contribution is -2.34. The molecule has 6 heteroatoms. The predicted molar refractivity (Wildman–Crippen MR) is 69.8 cm³/mol. The average Bonchev–Trinajstić information content (AvgIpc) is 2.39. The Balaban J connectivity index is 2.23. The van der Waals surface area contributed by atoms with E-state index in [1.54, 1.807) is 0 Å². The summed E-state index contributed by atoms with van der Waals surface area (Å²) in [6.07, 6.45) is 8.52. The standard InChI is InChI=1S/C12H14ClN3O2/c1-2-5-16-12(17)11(10(13)7-14-16)15-9-4-3-6-18-8-9/h1,7,9,15H,3-6,8H2. The molecule has 0 radical (unpaired) electrons. The molecule has 5 nitrogen and oxygen atoms in total. The number of hydrogen-bond donors (Lipinski definition) is 1. The molecule has 2 rings (SSSR count). The largest absolute Gasteiger partial charge is 0.379 e. The van der Waals surface area contributed by atoms with Gasteiger partial charge in [0.1, 0.15) is 12.2 Å². The van der Waals surface area contributed by atoms with Crippen molar-refractivity contribution in [1.29, 1.82) is 0 Å². The molecule has 0 aliphatic carbocycles. The Morgan fingerprint density at radius 2 is 2.56 bits per heavy atom. The molecule has 0 spiro atoms. The van der Waals surface area contributed by atoms with Gasteiger partial charge in [-0.25, -0.2) is 4.68 Å². The van der Waals surface area contributed by atoms with Crippen LogP contribution in [-0.4, -0.2) is 29.0 Å². The van der Waals surface area contributed by atoms with Crippen molar-refractivity contribution >= 4 is 17.3 Å². The smallest absolute Gasteiger partial charge is 0.292 e. The molecule has 18 heavy (non-hydrogen) atoms. The molecule has 0 aromatic carbocycles. The maximum atomic E-state index is 12.1. The Morgan fingerprint density at radius 1 is 1.72 bits per heavy atom. The normalized spacial score (nSPS) is 19.2. The Labute approximate surface area is 110 Å². The second-order valence-corrected chi connectivity index (χ2v) is 4.50. The molecule has 1 atom stereocenters. The van der Waals surface area contributed by atoms with E-state index in [2.05, 4.69) is 16.3 Å². The Hall–Kier alpha value is -1.51. The van der Waals surface area contributed by atoms with Gasteiger partial charge in [-0.2, -0.15) is 5.10 Å². The van der Waals surface area contributed by atoms with Crippen LogP contribution in [0.1, 0.15) is 12.8 Å². The van der Waals surface area contributed by atoms with Crippen LogP contribution in [0.25, 0.3) is 0 Å². The molecule has 0 bridgehead atoms. The van der Waals surface area contributed by atoms with E-state index in [-0.39, 0.29) is 18.1 Å². The van der Waals surface area contributed by atoms with Crippen LogP contribution in [0, 0.1) is 12.3 Å². The summed E-state index contributed by atoms with van der Waals surface area (Å²) in [7, 11) is 0. The summed E-state index contributed by atoms with van der Waals surface area (Å²) >= 11 is 5.99. The van der Waals surface area contributed by atoms with E-state index in [0.29, 0.717) is 17.3 Å². The minimum atomic E-state index is -0.300. The van der Waals surface area contributed by atoms with Crippen LogP contribution >= 0.6 is 11.6 Å². The number of terminal acetylenes is 1. The van der Waals surface area contributed by atoms with Gasteiger partial charge in [0.25, 0.3) is 5.56 Å². The van der Waals surface area contributed by atoms with Crippen LogP contribution in [0.5, 0.6) is 0 Å². The highest BCUT2D eigenvalue weighted by atomic mass is 35.5. The summed E-state index contributed by atoms with van der Waals surface area (Å²) in [6, 6.07) is 0.102. The molecular weight excluding hydrogens is 254 g/mol. The lowest BCUT2D eigenvalue weighted by molar-refractivity contribution is 0.0875. The molecular formula is C12H14ClN3O2. The van der Waals surface area contributed by atoms with Gasteiger partial charge in [0.15, 0.2) is 0 Å². The highest BCUT2D eigenvalue weighted by Crippen LogP contribution is 2.18. The fourth-order valence-corrected chi connectivity index (χ4v) is 2.04. The third kappa shape index (κ3) is 2.84. The summed E-state index contributed by atoms with van der Waals surface area (Å²) < 4.78 is 6.56. The first-order chi connectivity index (χ1) is 8.72. The van der Waals surface area contributed by atoms with Crippen LogP contribution in [-0.2, 0) is 11.3 Å². The van der Waals surface area contributed by atoms with E-state index in [1.165, 1.54) is 10.9 Å². The zero-order valence-corrected chi connectivity index (χ0v) is 10.6. The number of anilines is 1. The van der Waals surface area contributed by atoms with E-state index in [4.69, 9.17) is 22.8 Å². The fourth-order valence-electron chi connectivity index (χ4n) is 1.86. The van der Waals surface area contributed by atoms with Crippen molar-refractivity contribution in [2.24, 2.45) is 0 Å². The van der Waals surface area contributed by atoms with Crippen LogP contribution in [0.3, 0.4) is 0 Å². The quantitative estimate of drug-likeness (QED) is 0.834. The molecule has 0 amide bonds. The molecule has 1 saturated heterocycles. The molecule has 96 valence electrons. The van der Waals surface area contributed by atoms with Crippen molar-refractivity contribution in [2.45, 2.75) is 25.4 Å². The number of ether oxygens (including phenoxy) is 1. The van der Waals surface area contributed by atoms with Crippen molar-refractivity contribution in [2.75, 3.05) is 18.5 Å². The first kappa shape index (κ1) is 12.9. The summed E-state index contributed by atoms with van der Waals surface area (Å²) in [6.45, 7) is 1.47. The zero-order valence-electron chi connectivity index (χ0n) is 9.86. The molecule has 1 aliphatic heterocycles. The summed E-state index contributed by atoms with van der Waals surface area (Å²) in [4.78, 5) is 12.1. The van der Waals surface area contributed by atoms with Crippen LogP contribution < -0.4 is 10.9 Å². The van der Waals surface area contributed by atoms with E-state index in [9.17, 15) is 4.79 Å².